The molecule has 4 unspecified atom stereocenters. The molecule has 0 fully saturated rings. The third-order valence-corrected chi connectivity index (χ3v) is 5.58. The number of aliphatic carboxylic acids is 1. The molecule has 0 aliphatic carbocycles. The number of hydrogen-bond donors (Lipinski definition) is 7. The number of amides is 4. The third-order valence-electron chi connectivity index (χ3n) is 4.94. The minimum Gasteiger partial charge on any atom is -0.480 e. The van der Waals surface area contributed by atoms with E-state index in [0.29, 0.717) is 17.9 Å². The zero-order valence-electron chi connectivity index (χ0n) is 20.1. The van der Waals surface area contributed by atoms with Crippen LogP contribution in [0.2, 0.25) is 0 Å². The molecule has 4 amide bonds. The van der Waals surface area contributed by atoms with Crippen LogP contribution in [0.1, 0.15) is 38.8 Å². The number of H-pyrrole nitrogens is 1. The summed E-state index contributed by atoms with van der Waals surface area (Å²) in [6.45, 7) is 3.76. The highest BCUT2D eigenvalue weighted by atomic mass is 32.2. The number of thioether (sulfide) groups is 1. The monoisotopic (exact) mass is 513 g/mol. The van der Waals surface area contributed by atoms with Crippen molar-refractivity contribution in [1.29, 1.82) is 0 Å². The second kappa shape index (κ2) is 15.0. The van der Waals surface area contributed by atoms with Crippen LogP contribution >= 0.6 is 11.8 Å². The maximum atomic E-state index is 13.0. The van der Waals surface area contributed by atoms with Gasteiger partial charge < -0.3 is 37.5 Å². The van der Waals surface area contributed by atoms with Crippen molar-refractivity contribution in [1.82, 2.24) is 25.9 Å². The normalized spacial score (nSPS) is 14.4. The van der Waals surface area contributed by atoms with Crippen LogP contribution in [-0.4, -0.2) is 80.8 Å². The maximum absolute atomic E-state index is 13.0. The second-order valence-electron chi connectivity index (χ2n) is 8.49. The molecule has 0 spiro atoms. The van der Waals surface area contributed by atoms with Gasteiger partial charge in [0, 0.05) is 18.3 Å². The maximum Gasteiger partial charge on any atom is 0.326 e. The summed E-state index contributed by atoms with van der Waals surface area (Å²) in [5.41, 5.74) is 11.6. The zero-order chi connectivity index (χ0) is 26.5. The number of hydrogen-bond acceptors (Lipinski definition) is 8. The Morgan fingerprint density at radius 3 is 2.17 bits per heavy atom. The van der Waals surface area contributed by atoms with Crippen LogP contribution < -0.4 is 27.4 Å². The molecule has 0 radical (unpaired) electrons. The van der Waals surface area contributed by atoms with Crippen LogP contribution in [0.5, 0.6) is 0 Å². The van der Waals surface area contributed by atoms with Gasteiger partial charge in [-0.2, -0.15) is 11.8 Å². The SMILES string of the molecule is CSCCC(NC(=O)C(Cc1cnc[nH]1)NC(=O)C(CC(N)=O)NC(=O)C(N)CC(C)C)C(=O)O. The molecule has 9 N–H and O–H groups in total. The number of carbonyl (C=O) groups is 5. The van der Waals surface area contributed by atoms with Crippen molar-refractivity contribution in [2.75, 3.05) is 12.0 Å². The number of nitrogens with zero attached hydrogens (tertiary/aromatic N) is 1. The summed E-state index contributed by atoms with van der Waals surface area (Å²) in [7, 11) is 0. The molecular formula is C21H35N7O6S. The molecule has 1 aromatic heterocycles. The van der Waals surface area contributed by atoms with Gasteiger partial charge in [0.05, 0.1) is 18.8 Å². The molecule has 1 rings (SSSR count). The number of nitrogens with two attached hydrogens (primary N) is 2. The molecule has 0 bridgehead atoms. The smallest absolute Gasteiger partial charge is 0.326 e. The third kappa shape index (κ3) is 11.2. The molecule has 4 atom stereocenters. The highest BCUT2D eigenvalue weighted by Gasteiger charge is 2.31. The van der Waals surface area contributed by atoms with Gasteiger partial charge in [0.2, 0.25) is 23.6 Å². The summed E-state index contributed by atoms with van der Waals surface area (Å²) < 4.78 is 0. The number of carbonyl (C=O) groups excluding carboxylic acids is 4. The van der Waals surface area contributed by atoms with Crippen molar-refractivity contribution in [2.24, 2.45) is 17.4 Å². The van der Waals surface area contributed by atoms with Gasteiger partial charge in [0.25, 0.3) is 0 Å². The molecule has 1 aromatic rings. The molecule has 1 heterocycles. The van der Waals surface area contributed by atoms with Gasteiger partial charge in [-0.05, 0) is 30.8 Å². The van der Waals surface area contributed by atoms with E-state index in [-0.39, 0.29) is 18.8 Å². The van der Waals surface area contributed by atoms with Crippen molar-refractivity contribution >= 4 is 41.4 Å². The number of aromatic amines is 1. The lowest BCUT2D eigenvalue weighted by Crippen LogP contribution is -2.58. The van der Waals surface area contributed by atoms with E-state index in [9.17, 15) is 29.1 Å². The van der Waals surface area contributed by atoms with E-state index in [2.05, 4.69) is 25.9 Å². The minimum absolute atomic E-state index is 0.0451. The molecule has 0 aromatic carbocycles. The van der Waals surface area contributed by atoms with Gasteiger partial charge in [-0.15, -0.1) is 0 Å². The fourth-order valence-electron chi connectivity index (χ4n) is 3.17. The Balaban J connectivity index is 3.05. The van der Waals surface area contributed by atoms with E-state index in [1.54, 1.807) is 0 Å². The molecule has 13 nitrogen and oxygen atoms in total. The van der Waals surface area contributed by atoms with Gasteiger partial charge in [-0.1, -0.05) is 13.8 Å². The molecule has 0 aliphatic rings. The van der Waals surface area contributed by atoms with E-state index < -0.39 is 60.2 Å². The average Bonchev–Trinajstić information content (AvgIpc) is 3.27. The summed E-state index contributed by atoms with van der Waals surface area (Å²) in [6, 6.07) is -4.67. The van der Waals surface area contributed by atoms with Gasteiger partial charge in [0.1, 0.15) is 18.1 Å². The van der Waals surface area contributed by atoms with Crippen LogP contribution in [0, 0.1) is 5.92 Å². The Bertz CT molecular complexity index is 864. The van der Waals surface area contributed by atoms with E-state index >= 15 is 0 Å². The summed E-state index contributed by atoms with van der Waals surface area (Å²) in [5, 5.41) is 16.8. The quantitative estimate of drug-likeness (QED) is 0.136. The van der Waals surface area contributed by atoms with Crippen molar-refractivity contribution in [3.63, 3.8) is 0 Å². The molecular weight excluding hydrogens is 478 g/mol. The molecule has 196 valence electrons. The molecule has 0 saturated heterocycles. The minimum atomic E-state index is -1.37. The molecule has 0 saturated carbocycles. The van der Waals surface area contributed by atoms with Gasteiger partial charge in [0.15, 0.2) is 0 Å². The average molecular weight is 514 g/mol. The molecule has 0 aliphatic heterocycles. The van der Waals surface area contributed by atoms with Crippen molar-refractivity contribution in [3.8, 4) is 0 Å². The van der Waals surface area contributed by atoms with Crippen molar-refractivity contribution < 1.29 is 29.1 Å². The van der Waals surface area contributed by atoms with Gasteiger partial charge in [-0.3, -0.25) is 19.2 Å². The van der Waals surface area contributed by atoms with E-state index in [1.807, 2.05) is 20.1 Å². The Morgan fingerprint density at radius 2 is 1.66 bits per heavy atom. The van der Waals surface area contributed by atoms with Crippen LogP contribution in [0.3, 0.4) is 0 Å². The highest BCUT2D eigenvalue weighted by Crippen LogP contribution is 2.06. The summed E-state index contributed by atoms with van der Waals surface area (Å²) in [4.78, 5) is 68.2. The standard InChI is InChI=1S/C21H35N7O6S/c1-11(2)6-13(22)18(30)27-16(8-17(23)29)20(32)28-15(7-12-9-24-10-25-12)19(31)26-14(21(33)34)4-5-35-3/h9-11,13-16H,4-8,22H2,1-3H3,(H2,23,29)(H,24,25)(H,26,31)(H,27,30)(H,28,32)(H,33,34). The van der Waals surface area contributed by atoms with E-state index in [0.717, 1.165) is 0 Å². The number of imidazole rings is 1. The number of carboxylic acids is 1. The lowest BCUT2D eigenvalue weighted by atomic mass is 10.0. The van der Waals surface area contributed by atoms with Crippen LogP contribution in [0.25, 0.3) is 0 Å². The number of rotatable bonds is 16. The van der Waals surface area contributed by atoms with Crippen LogP contribution in [-0.2, 0) is 30.4 Å². The Morgan fingerprint density at radius 1 is 1.06 bits per heavy atom. The Hall–Kier alpha value is -3.13. The zero-order valence-corrected chi connectivity index (χ0v) is 20.9. The number of aromatic nitrogens is 2. The number of primary amides is 1. The lowest BCUT2D eigenvalue weighted by molar-refractivity contribution is -0.142. The predicted molar refractivity (Wildman–Crippen MR) is 130 cm³/mol. The first-order valence-corrected chi connectivity index (χ1v) is 12.5. The first-order chi connectivity index (χ1) is 16.4. The topological polar surface area (TPSA) is 222 Å². The highest BCUT2D eigenvalue weighted by molar-refractivity contribution is 7.98. The Labute approximate surface area is 207 Å². The van der Waals surface area contributed by atoms with Gasteiger partial charge >= 0.3 is 5.97 Å². The fraction of sp³-hybridized carbons (Fsp3) is 0.619. The van der Waals surface area contributed by atoms with E-state index in [4.69, 9.17) is 11.5 Å². The lowest BCUT2D eigenvalue weighted by Gasteiger charge is -2.25. The fourth-order valence-corrected chi connectivity index (χ4v) is 3.64. The second-order valence-corrected chi connectivity index (χ2v) is 9.48. The first-order valence-electron chi connectivity index (χ1n) is 11.1. The molecule has 35 heavy (non-hydrogen) atoms. The van der Waals surface area contributed by atoms with Gasteiger partial charge in [-0.25, -0.2) is 9.78 Å². The molecule has 14 heteroatoms. The summed E-state index contributed by atoms with van der Waals surface area (Å²) in [5.74, 6) is -3.67. The largest absolute Gasteiger partial charge is 0.480 e. The van der Waals surface area contributed by atoms with E-state index in [1.165, 1.54) is 24.3 Å². The predicted octanol–water partition coefficient (Wildman–Crippen LogP) is -1.51. The summed E-state index contributed by atoms with van der Waals surface area (Å²) in [6.07, 6.45) is 4.61. The number of nitrogens with one attached hydrogen (secondary N) is 4. The summed E-state index contributed by atoms with van der Waals surface area (Å²) >= 11 is 1.43. The first kappa shape index (κ1) is 29.9. The van der Waals surface area contributed by atoms with Crippen LogP contribution in [0.4, 0.5) is 0 Å². The van der Waals surface area contributed by atoms with Crippen LogP contribution in [0.15, 0.2) is 12.5 Å². The number of carboxylic acid groups (broad SMARTS) is 1. The van der Waals surface area contributed by atoms with Crippen molar-refractivity contribution in [3.05, 3.63) is 18.2 Å². The van der Waals surface area contributed by atoms with Crippen molar-refractivity contribution in [2.45, 2.75) is 63.7 Å². The Kier molecular flexibility index (Phi) is 12.8.